The minimum atomic E-state index is -0.649. The van der Waals surface area contributed by atoms with E-state index in [0.29, 0.717) is 21.8 Å². The Morgan fingerprint density at radius 1 is 1.03 bits per heavy atom. The number of carbonyl (C=O) groups is 3. The summed E-state index contributed by atoms with van der Waals surface area (Å²) in [6.45, 7) is 1.41. The molecule has 0 atom stereocenters. The maximum Gasteiger partial charge on any atom is 0.363 e. The molecule has 0 unspecified atom stereocenters. The smallest absolute Gasteiger partial charge is 0.363 e. The fraction of sp³-hybridized carbons (Fsp3) is 0.0769. The van der Waals surface area contributed by atoms with Crippen molar-refractivity contribution in [2.45, 2.75) is 6.92 Å². The Labute approximate surface area is 216 Å². The summed E-state index contributed by atoms with van der Waals surface area (Å²) >= 11 is 12.2. The van der Waals surface area contributed by atoms with Gasteiger partial charge in [-0.25, -0.2) is 14.6 Å². The predicted molar refractivity (Wildman–Crippen MR) is 136 cm³/mol. The van der Waals surface area contributed by atoms with Crippen molar-refractivity contribution in [3.8, 4) is 11.5 Å². The van der Waals surface area contributed by atoms with E-state index in [4.69, 9.17) is 37.4 Å². The van der Waals surface area contributed by atoms with Crippen molar-refractivity contribution in [3.05, 3.63) is 93.1 Å². The van der Waals surface area contributed by atoms with Crippen LogP contribution in [0.4, 0.5) is 5.69 Å². The molecule has 1 N–H and O–H groups in total. The number of benzene rings is 3. The molecule has 1 heterocycles. The molecule has 0 saturated heterocycles. The Balaban J connectivity index is 1.57. The number of rotatable bonds is 6. The van der Waals surface area contributed by atoms with Crippen molar-refractivity contribution in [1.82, 2.24) is 0 Å². The second-order valence-electron chi connectivity index (χ2n) is 7.53. The number of aliphatic imine (C=N–C) groups is 1. The second-order valence-corrected chi connectivity index (χ2v) is 8.37. The van der Waals surface area contributed by atoms with Crippen molar-refractivity contribution in [2.24, 2.45) is 4.99 Å². The van der Waals surface area contributed by atoms with Gasteiger partial charge < -0.3 is 19.5 Å². The lowest BCUT2D eigenvalue weighted by molar-refractivity contribution is -0.129. The van der Waals surface area contributed by atoms with Crippen LogP contribution >= 0.6 is 23.2 Å². The molecule has 3 aromatic rings. The lowest BCUT2D eigenvalue weighted by Gasteiger charge is -2.12. The zero-order valence-corrected chi connectivity index (χ0v) is 20.5. The van der Waals surface area contributed by atoms with Crippen molar-refractivity contribution < 1.29 is 28.6 Å². The van der Waals surface area contributed by atoms with Crippen LogP contribution < -0.4 is 14.8 Å². The largest absolute Gasteiger partial charge is 0.493 e. The quantitative estimate of drug-likeness (QED) is 0.258. The number of ether oxygens (including phenoxy) is 3. The third kappa shape index (κ3) is 5.73. The summed E-state index contributed by atoms with van der Waals surface area (Å²) in [5.74, 6) is -1.16. The summed E-state index contributed by atoms with van der Waals surface area (Å²) in [5.41, 5.74) is 1.96. The van der Waals surface area contributed by atoms with Crippen LogP contribution in [0, 0.1) is 0 Å². The highest BCUT2D eigenvalue weighted by Crippen LogP contribution is 2.38. The average molecular weight is 525 g/mol. The number of esters is 2. The van der Waals surface area contributed by atoms with Crippen molar-refractivity contribution in [1.29, 1.82) is 0 Å². The number of halogens is 2. The van der Waals surface area contributed by atoms with Gasteiger partial charge in [0.15, 0.2) is 17.2 Å². The number of methoxy groups -OCH3 is 1. The molecule has 182 valence electrons. The molecule has 0 spiro atoms. The van der Waals surface area contributed by atoms with Crippen LogP contribution in [0.3, 0.4) is 0 Å². The zero-order valence-electron chi connectivity index (χ0n) is 19.0. The molecule has 0 fully saturated rings. The minimum absolute atomic E-state index is 0.0266. The number of cyclic esters (lactones) is 1. The molecular weight excluding hydrogens is 507 g/mol. The van der Waals surface area contributed by atoms with Crippen LogP contribution in [-0.4, -0.2) is 30.9 Å². The first-order chi connectivity index (χ1) is 17.2. The van der Waals surface area contributed by atoms with Gasteiger partial charge in [0.1, 0.15) is 0 Å². The molecule has 36 heavy (non-hydrogen) atoms. The van der Waals surface area contributed by atoms with Gasteiger partial charge in [-0.15, -0.1) is 0 Å². The minimum Gasteiger partial charge on any atom is -0.493 e. The summed E-state index contributed by atoms with van der Waals surface area (Å²) in [4.78, 5) is 40.3. The maximum absolute atomic E-state index is 12.5. The van der Waals surface area contributed by atoms with Crippen molar-refractivity contribution in [3.63, 3.8) is 0 Å². The summed E-state index contributed by atoms with van der Waals surface area (Å²) in [6, 6.07) is 15.9. The molecule has 0 bridgehead atoms. The first-order valence-electron chi connectivity index (χ1n) is 10.5. The van der Waals surface area contributed by atoms with Crippen LogP contribution in [0.15, 0.2) is 71.4 Å². The highest BCUT2D eigenvalue weighted by Gasteiger charge is 2.25. The van der Waals surface area contributed by atoms with Crippen LogP contribution in [0.5, 0.6) is 11.5 Å². The maximum atomic E-state index is 12.5. The third-order valence-corrected chi connectivity index (χ3v) is 5.44. The normalized spacial score (nSPS) is 13.7. The summed E-state index contributed by atoms with van der Waals surface area (Å²) < 4.78 is 16.1. The number of amides is 1. The Morgan fingerprint density at radius 3 is 2.36 bits per heavy atom. The molecule has 1 aliphatic rings. The topological polar surface area (TPSA) is 103 Å². The van der Waals surface area contributed by atoms with Gasteiger partial charge in [-0.3, -0.25) is 4.79 Å². The molecule has 0 saturated carbocycles. The highest BCUT2D eigenvalue weighted by molar-refractivity contribution is 6.32. The van der Waals surface area contributed by atoms with E-state index < -0.39 is 11.9 Å². The molecule has 8 nitrogen and oxygen atoms in total. The molecule has 3 aromatic carbocycles. The second kappa shape index (κ2) is 10.6. The van der Waals surface area contributed by atoms with Crippen LogP contribution in [0.25, 0.3) is 6.08 Å². The van der Waals surface area contributed by atoms with Gasteiger partial charge in [-0.2, -0.15) is 0 Å². The van der Waals surface area contributed by atoms with Gasteiger partial charge in [0.05, 0.1) is 17.7 Å². The molecule has 0 aliphatic carbocycles. The van der Waals surface area contributed by atoms with Crippen LogP contribution in [0.1, 0.15) is 28.4 Å². The molecular formula is C26H18Cl2N2O6. The standard InChI is InChI=1S/C26H18Cl2N2O6/c1-14(31)29-19-9-5-16(6-10-19)24-30-21(26(33)36-24)12-15-11-20(28)23(22(13-15)34-2)35-25(32)17-3-7-18(27)8-4-17/h3-13H,1-2H3,(H,29,31)/b21-12-. The van der Waals surface area contributed by atoms with Crippen molar-refractivity contribution in [2.75, 3.05) is 12.4 Å². The average Bonchev–Trinajstić information content (AvgIpc) is 3.21. The van der Waals surface area contributed by atoms with Gasteiger partial charge in [-0.05, 0) is 72.3 Å². The Bertz CT molecular complexity index is 1410. The fourth-order valence-electron chi connectivity index (χ4n) is 3.25. The molecule has 0 aromatic heterocycles. The monoisotopic (exact) mass is 524 g/mol. The van der Waals surface area contributed by atoms with Crippen LogP contribution in [-0.2, 0) is 14.3 Å². The van der Waals surface area contributed by atoms with E-state index >= 15 is 0 Å². The molecule has 0 radical (unpaired) electrons. The lowest BCUT2D eigenvalue weighted by Crippen LogP contribution is -2.09. The van der Waals surface area contributed by atoms with E-state index in [-0.39, 0.29) is 39.6 Å². The molecule has 4 rings (SSSR count). The van der Waals surface area contributed by atoms with Gasteiger partial charge in [-0.1, -0.05) is 23.2 Å². The number of hydrogen-bond donors (Lipinski definition) is 1. The predicted octanol–water partition coefficient (Wildman–Crippen LogP) is 5.52. The first-order valence-corrected chi connectivity index (χ1v) is 11.2. The Hall–Kier alpha value is -4.14. The van der Waals surface area contributed by atoms with Gasteiger partial charge in [0, 0.05) is 23.2 Å². The van der Waals surface area contributed by atoms with E-state index in [1.54, 1.807) is 42.5 Å². The third-order valence-electron chi connectivity index (χ3n) is 4.90. The highest BCUT2D eigenvalue weighted by atomic mass is 35.5. The number of anilines is 1. The molecule has 10 heteroatoms. The van der Waals surface area contributed by atoms with Gasteiger partial charge in [0.2, 0.25) is 11.8 Å². The fourth-order valence-corrected chi connectivity index (χ4v) is 3.63. The summed E-state index contributed by atoms with van der Waals surface area (Å²) in [6.07, 6.45) is 1.47. The summed E-state index contributed by atoms with van der Waals surface area (Å²) in [7, 11) is 1.40. The Kier molecular flexibility index (Phi) is 7.38. The van der Waals surface area contributed by atoms with Gasteiger partial charge >= 0.3 is 11.9 Å². The number of nitrogens with one attached hydrogen (secondary N) is 1. The van der Waals surface area contributed by atoms with Crippen LogP contribution in [0.2, 0.25) is 10.0 Å². The molecule has 1 aliphatic heterocycles. The van der Waals surface area contributed by atoms with E-state index in [1.165, 1.54) is 38.3 Å². The van der Waals surface area contributed by atoms with E-state index in [0.717, 1.165) is 0 Å². The summed E-state index contributed by atoms with van der Waals surface area (Å²) in [5, 5.41) is 3.23. The lowest BCUT2D eigenvalue weighted by atomic mass is 10.1. The van der Waals surface area contributed by atoms with Gasteiger partial charge in [0.25, 0.3) is 0 Å². The number of nitrogens with zero attached hydrogens (tertiary/aromatic N) is 1. The SMILES string of the molecule is COc1cc(/C=C2\N=C(c3ccc(NC(C)=O)cc3)OC2=O)cc(Cl)c1OC(=O)c1ccc(Cl)cc1. The van der Waals surface area contributed by atoms with Crippen molar-refractivity contribution >= 4 is 58.7 Å². The number of hydrogen-bond acceptors (Lipinski definition) is 7. The van der Waals surface area contributed by atoms with E-state index in [9.17, 15) is 14.4 Å². The molecule has 1 amide bonds. The van der Waals surface area contributed by atoms with E-state index in [1.807, 2.05) is 0 Å². The zero-order chi connectivity index (χ0) is 25.8. The number of carbonyl (C=O) groups excluding carboxylic acids is 3. The first kappa shape index (κ1) is 25.0. The Morgan fingerprint density at radius 2 is 1.72 bits per heavy atom. The van der Waals surface area contributed by atoms with E-state index in [2.05, 4.69) is 10.3 Å².